The van der Waals surface area contributed by atoms with Gasteiger partial charge in [-0.3, -0.25) is 4.57 Å². The molecule has 0 amide bonds. The summed E-state index contributed by atoms with van der Waals surface area (Å²) in [5.74, 6) is 3.67. The molecule has 0 saturated carbocycles. The van der Waals surface area contributed by atoms with Crippen LogP contribution in [0.4, 0.5) is 0 Å². The lowest BCUT2D eigenvalue weighted by molar-refractivity contribution is 0.360. The monoisotopic (exact) mass is 603 g/mol. The summed E-state index contributed by atoms with van der Waals surface area (Å²) in [4.78, 5) is 0. The molecular weight excluding hydrogens is 578 g/mol. The van der Waals surface area contributed by atoms with E-state index >= 15 is 0 Å². The van der Waals surface area contributed by atoms with Crippen LogP contribution in [0, 0.1) is 0 Å². The van der Waals surface area contributed by atoms with Crippen LogP contribution in [0.25, 0.3) is 71.6 Å². The Balaban J connectivity index is 1.11. The van der Waals surface area contributed by atoms with Gasteiger partial charge in [-0.25, -0.2) is 0 Å². The zero-order valence-electron chi connectivity index (χ0n) is 25.1. The normalized spacial score (nSPS) is 12.2. The molecule has 0 atom stereocenters. The third kappa shape index (κ3) is 4.03. The molecule has 2 aromatic heterocycles. The SMILES string of the molecule is c1ccc(-c2nnc(-n3c4ccccc4c4cc(-c5ccc6c(c5)Oc5cc7ccccc7cc5O6)ccc43)c3ccccc23)cc1. The molecule has 9 aromatic rings. The Morgan fingerprint density at radius 2 is 0.979 bits per heavy atom. The number of aromatic nitrogens is 3. The maximum atomic E-state index is 6.41. The predicted octanol–water partition coefficient (Wildman–Crippen LogP) is 11.1. The number of rotatable bonds is 3. The van der Waals surface area contributed by atoms with Crippen LogP contribution in [0.2, 0.25) is 0 Å². The molecule has 0 spiro atoms. The van der Waals surface area contributed by atoms with E-state index in [9.17, 15) is 0 Å². The molecule has 1 aliphatic heterocycles. The first kappa shape index (κ1) is 25.8. The second-order valence-corrected chi connectivity index (χ2v) is 11.9. The van der Waals surface area contributed by atoms with Crippen molar-refractivity contribution >= 4 is 43.4 Å². The van der Waals surface area contributed by atoms with E-state index in [0.717, 1.165) is 83.1 Å². The molecule has 47 heavy (non-hydrogen) atoms. The van der Waals surface area contributed by atoms with Gasteiger partial charge in [0.25, 0.3) is 0 Å². The minimum Gasteiger partial charge on any atom is -0.449 e. The summed E-state index contributed by atoms with van der Waals surface area (Å²) in [7, 11) is 0. The van der Waals surface area contributed by atoms with Crippen LogP contribution < -0.4 is 9.47 Å². The second kappa shape index (κ2) is 10.0. The second-order valence-electron chi connectivity index (χ2n) is 11.9. The van der Waals surface area contributed by atoms with Crippen LogP contribution in [0.3, 0.4) is 0 Å². The van der Waals surface area contributed by atoms with Gasteiger partial charge in [0.1, 0.15) is 5.69 Å². The molecule has 0 aliphatic carbocycles. The number of hydrogen-bond acceptors (Lipinski definition) is 4. The van der Waals surface area contributed by atoms with Gasteiger partial charge in [0, 0.05) is 27.1 Å². The van der Waals surface area contributed by atoms with Crippen molar-refractivity contribution in [1.29, 1.82) is 0 Å². The van der Waals surface area contributed by atoms with Gasteiger partial charge >= 0.3 is 0 Å². The molecule has 5 nitrogen and oxygen atoms in total. The number of fused-ring (bicyclic) bond motifs is 7. The highest BCUT2D eigenvalue weighted by Gasteiger charge is 2.22. The Bertz CT molecular complexity index is 2700. The summed E-state index contributed by atoms with van der Waals surface area (Å²) in [6, 6.07) is 52.2. The molecule has 0 bridgehead atoms. The summed E-state index contributed by atoms with van der Waals surface area (Å²) in [5.41, 5.74) is 6.21. The smallest absolute Gasteiger partial charge is 0.170 e. The van der Waals surface area contributed by atoms with E-state index in [1.807, 2.05) is 48.5 Å². The van der Waals surface area contributed by atoms with Gasteiger partial charge in [-0.15, -0.1) is 10.2 Å². The molecule has 0 N–H and O–H groups in total. The van der Waals surface area contributed by atoms with Gasteiger partial charge in [-0.1, -0.05) is 109 Å². The number of nitrogens with zero attached hydrogens (tertiary/aromatic N) is 3. The maximum Gasteiger partial charge on any atom is 0.170 e. The van der Waals surface area contributed by atoms with Crippen molar-refractivity contribution in [3.63, 3.8) is 0 Å². The van der Waals surface area contributed by atoms with Gasteiger partial charge in [0.15, 0.2) is 28.8 Å². The van der Waals surface area contributed by atoms with Crippen LogP contribution in [-0.2, 0) is 0 Å². The summed E-state index contributed by atoms with van der Waals surface area (Å²) in [6.07, 6.45) is 0. The third-order valence-electron chi connectivity index (χ3n) is 9.13. The lowest BCUT2D eigenvalue weighted by atomic mass is 10.0. The van der Waals surface area contributed by atoms with Crippen LogP contribution in [0.1, 0.15) is 0 Å². The summed E-state index contributed by atoms with van der Waals surface area (Å²) < 4.78 is 14.9. The fraction of sp³-hybridized carbons (Fsp3) is 0. The van der Waals surface area contributed by atoms with Gasteiger partial charge in [-0.2, -0.15) is 0 Å². The lowest BCUT2D eigenvalue weighted by Gasteiger charge is -2.22. The molecule has 10 rings (SSSR count). The minimum atomic E-state index is 0.702. The zero-order chi connectivity index (χ0) is 30.9. The average Bonchev–Trinajstić information content (AvgIpc) is 3.46. The van der Waals surface area contributed by atoms with Crippen molar-refractivity contribution in [2.45, 2.75) is 0 Å². The fourth-order valence-corrected chi connectivity index (χ4v) is 6.89. The Labute approximate surface area is 269 Å². The first-order chi connectivity index (χ1) is 23.3. The third-order valence-corrected chi connectivity index (χ3v) is 9.13. The molecule has 0 fully saturated rings. The Hall–Kier alpha value is -6.46. The Kier molecular flexibility index (Phi) is 5.51. The highest BCUT2D eigenvalue weighted by molar-refractivity contribution is 6.12. The predicted molar refractivity (Wildman–Crippen MR) is 189 cm³/mol. The van der Waals surface area contributed by atoms with E-state index in [1.165, 1.54) is 0 Å². The van der Waals surface area contributed by atoms with Gasteiger partial charge in [-0.05, 0) is 64.4 Å². The van der Waals surface area contributed by atoms with E-state index < -0.39 is 0 Å². The highest BCUT2D eigenvalue weighted by atomic mass is 16.6. The molecular formula is C42H25N3O2. The molecule has 7 aromatic carbocycles. The molecule has 1 aliphatic rings. The fourth-order valence-electron chi connectivity index (χ4n) is 6.89. The van der Waals surface area contributed by atoms with Crippen molar-refractivity contribution < 1.29 is 9.47 Å². The first-order valence-electron chi connectivity index (χ1n) is 15.7. The summed E-state index contributed by atoms with van der Waals surface area (Å²) >= 11 is 0. The molecule has 0 unspecified atom stereocenters. The Morgan fingerprint density at radius 3 is 1.79 bits per heavy atom. The first-order valence-corrected chi connectivity index (χ1v) is 15.7. The lowest BCUT2D eigenvalue weighted by Crippen LogP contribution is -2.02. The zero-order valence-corrected chi connectivity index (χ0v) is 25.1. The van der Waals surface area contributed by atoms with Crippen molar-refractivity contribution in [2.75, 3.05) is 0 Å². The van der Waals surface area contributed by atoms with Crippen LogP contribution in [-0.4, -0.2) is 14.8 Å². The van der Waals surface area contributed by atoms with Gasteiger partial charge in [0.2, 0.25) is 0 Å². The van der Waals surface area contributed by atoms with E-state index in [1.54, 1.807) is 0 Å². The van der Waals surface area contributed by atoms with Crippen LogP contribution in [0.5, 0.6) is 23.0 Å². The molecule has 220 valence electrons. The van der Waals surface area contributed by atoms with Crippen molar-refractivity contribution in [3.05, 3.63) is 152 Å². The summed E-state index contributed by atoms with van der Waals surface area (Å²) in [5, 5.41) is 16.3. The van der Waals surface area contributed by atoms with Crippen molar-refractivity contribution in [1.82, 2.24) is 14.8 Å². The van der Waals surface area contributed by atoms with Gasteiger partial charge in [0.05, 0.1) is 11.0 Å². The highest BCUT2D eigenvalue weighted by Crippen LogP contribution is 2.48. The largest absolute Gasteiger partial charge is 0.449 e. The molecule has 5 heteroatoms. The standard InChI is InChI=1S/C42H25N3O2/c1-2-10-26(11-3-1)41-32-15-6-7-16-33(32)42(44-43-41)45-35-17-9-8-14-31(35)34-22-29(18-20-36(34)45)30-19-21-37-38(25-30)47-40-24-28-13-5-4-12-27(28)23-39(40)46-37/h1-25H. The number of benzene rings is 7. The molecule has 0 radical (unpaired) electrons. The van der Waals surface area contributed by atoms with Crippen LogP contribution >= 0.6 is 0 Å². The van der Waals surface area contributed by atoms with E-state index in [2.05, 4.69) is 108 Å². The minimum absolute atomic E-state index is 0.702. The molecule has 3 heterocycles. The topological polar surface area (TPSA) is 49.2 Å². The van der Waals surface area contributed by atoms with Crippen LogP contribution in [0.15, 0.2) is 152 Å². The van der Waals surface area contributed by atoms with Crippen molar-refractivity contribution in [3.8, 4) is 51.2 Å². The van der Waals surface area contributed by atoms with Gasteiger partial charge < -0.3 is 9.47 Å². The summed E-state index contributed by atoms with van der Waals surface area (Å²) in [6.45, 7) is 0. The Morgan fingerprint density at radius 1 is 0.383 bits per heavy atom. The number of hydrogen-bond donors (Lipinski definition) is 0. The average molecular weight is 604 g/mol. The van der Waals surface area contributed by atoms with Crippen molar-refractivity contribution in [2.24, 2.45) is 0 Å². The van der Waals surface area contributed by atoms with E-state index in [0.29, 0.717) is 11.5 Å². The maximum absolute atomic E-state index is 6.41. The van der Waals surface area contributed by atoms with E-state index in [-0.39, 0.29) is 0 Å². The number of ether oxygens (including phenoxy) is 2. The number of para-hydroxylation sites is 1. The quantitative estimate of drug-likeness (QED) is 0.202. The molecule has 0 saturated heterocycles. The van der Waals surface area contributed by atoms with E-state index in [4.69, 9.17) is 19.7 Å².